The third-order valence-electron chi connectivity index (χ3n) is 3.22. The first-order chi connectivity index (χ1) is 10.0. The van der Waals surface area contributed by atoms with Gasteiger partial charge in [-0.15, -0.1) is 0 Å². The summed E-state index contributed by atoms with van der Waals surface area (Å²) in [5.74, 6) is -1.45. The molecule has 1 aromatic rings. The Morgan fingerprint density at radius 1 is 1.38 bits per heavy atom. The van der Waals surface area contributed by atoms with Crippen LogP contribution in [0.15, 0.2) is 24.3 Å². The Kier molecular flexibility index (Phi) is 4.74. The van der Waals surface area contributed by atoms with E-state index in [0.717, 1.165) is 0 Å². The van der Waals surface area contributed by atoms with Crippen molar-refractivity contribution in [2.45, 2.75) is 18.4 Å². The van der Waals surface area contributed by atoms with Gasteiger partial charge in [0, 0.05) is 13.0 Å². The van der Waals surface area contributed by atoms with Crippen LogP contribution in [-0.4, -0.2) is 42.3 Å². The molecule has 1 atom stereocenters. The molecule has 1 heterocycles. The molecule has 6 nitrogen and oxygen atoms in total. The maximum Gasteiger partial charge on any atom is 0.331 e. The molecule has 1 unspecified atom stereocenters. The fourth-order valence-electron chi connectivity index (χ4n) is 2.01. The van der Waals surface area contributed by atoms with Crippen LogP contribution in [0.5, 0.6) is 5.75 Å². The molecule has 1 aromatic carbocycles. The van der Waals surface area contributed by atoms with E-state index in [9.17, 15) is 19.1 Å². The van der Waals surface area contributed by atoms with Crippen molar-refractivity contribution in [3.8, 4) is 5.75 Å². The summed E-state index contributed by atoms with van der Waals surface area (Å²) in [5.41, 5.74) is -1.34. The van der Waals surface area contributed by atoms with Crippen LogP contribution in [0.1, 0.15) is 12.8 Å². The predicted molar refractivity (Wildman–Crippen MR) is 70.5 cm³/mol. The van der Waals surface area contributed by atoms with Crippen molar-refractivity contribution >= 4 is 11.9 Å². The number of carbonyl (C=O) groups excluding carboxylic acids is 1. The minimum Gasteiger partial charge on any atom is -0.493 e. The van der Waals surface area contributed by atoms with E-state index in [0.29, 0.717) is 12.4 Å². The van der Waals surface area contributed by atoms with Crippen molar-refractivity contribution in [1.29, 1.82) is 0 Å². The Hall–Kier alpha value is -2.15. The summed E-state index contributed by atoms with van der Waals surface area (Å²) in [6.07, 6.45) is 0.249. The Morgan fingerprint density at radius 3 is 2.67 bits per heavy atom. The lowest BCUT2D eigenvalue weighted by atomic mass is 9.99. The molecule has 114 valence electrons. The van der Waals surface area contributed by atoms with Crippen molar-refractivity contribution in [3.05, 3.63) is 30.1 Å². The molecule has 0 radical (unpaired) electrons. The number of amides is 1. The molecular formula is C14H16FNO5. The maximum atomic E-state index is 12.7. The van der Waals surface area contributed by atoms with E-state index >= 15 is 0 Å². The van der Waals surface area contributed by atoms with Gasteiger partial charge in [-0.25, -0.2) is 9.18 Å². The van der Waals surface area contributed by atoms with Gasteiger partial charge in [0.2, 0.25) is 5.91 Å². The minimum absolute atomic E-state index is 0.00636. The zero-order valence-electron chi connectivity index (χ0n) is 11.3. The molecule has 2 rings (SSSR count). The van der Waals surface area contributed by atoms with Crippen molar-refractivity contribution in [2.24, 2.45) is 0 Å². The molecule has 0 aliphatic carbocycles. The number of hydrogen-bond donors (Lipinski definition) is 2. The van der Waals surface area contributed by atoms with E-state index < -0.39 is 17.4 Å². The second-order valence-corrected chi connectivity index (χ2v) is 4.79. The molecule has 1 aliphatic heterocycles. The van der Waals surface area contributed by atoms with Crippen LogP contribution in [-0.2, 0) is 14.3 Å². The summed E-state index contributed by atoms with van der Waals surface area (Å²) >= 11 is 0. The molecule has 0 spiro atoms. The lowest BCUT2D eigenvalue weighted by molar-refractivity contribution is -0.147. The normalized spacial score (nSPS) is 21.0. The Balaban J connectivity index is 1.79. The first-order valence-corrected chi connectivity index (χ1v) is 6.52. The van der Waals surface area contributed by atoms with Crippen LogP contribution in [0, 0.1) is 5.82 Å². The number of halogens is 1. The van der Waals surface area contributed by atoms with Gasteiger partial charge in [-0.3, -0.25) is 4.79 Å². The largest absolute Gasteiger partial charge is 0.493 e. The molecule has 1 fully saturated rings. The first-order valence-electron chi connectivity index (χ1n) is 6.52. The second kappa shape index (κ2) is 6.53. The molecule has 1 amide bonds. The monoisotopic (exact) mass is 297 g/mol. The van der Waals surface area contributed by atoms with Crippen molar-refractivity contribution in [2.75, 3.05) is 19.8 Å². The highest BCUT2D eigenvalue weighted by Crippen LogP contribution is 2.19. The third-order valence-corrected chi connectivity index (χ3v) is 3.22. The molecule has 0 saturated carbocycles. The number of carboxylic acid groups (broad SMARTS) is 1. The number of rotatable bonds is 6. The molecule has 1 saturated heterocycles. The van der Waals surface area contributed by atoms with Crippen LogP contribution in [0.25, 0.3) is 0 Å². The average molecular weight is 297 g/mol. The van der Waals surface area contributed by atoms with Gasteiger partial charge in [-0.05, 0) is 24.3 Å². The van der Waals surface area contributed by atoms with Gasteiger partial charge >= 0.3 is 5.97 Å². The maximum absolute atomic E-state index is 12.7. The van der Waals surface area contributed by atoms with Gasteiger partial charge in [0.15, 0.2) is 5.54 Å². The Morgan fingerprint density at radius 2 is 2.10 bits per heavy atom. The van der Waals surface area contributed by atoms with E-state index in [4.69, 9.17) is 9.47 Å². The van der Waals surface area contributed by atoms with Gasteiger partial charge in [0.05, 0.1) is 19.6 Å². The highest BCUT2D eigenvalue weighted by molar-refractivity contribution is 5.87. The predicted octanol–water partition coefficient (Wildman–Crippen LogP) is 0.954. The van der Waals surface area contributed by atoms with E-state index in [1.54, 1.807) is 0 Å². The second-order valence-electron chi connectivity index (χ2n) is 4.79. The molecular weight excluding hydrogens is 281 g/mol. The Bertz CT molecular complexity index is 511. The van der Waals surface area contributed by atoms with Crippen LogP contribution >= 0.6 is 0 Å². The molecule has 21 heavy (non-hydrogen) atoms. The zero-order chi connectivity index (χ0) is 15.3. The van der Waals surface area contributed by atoms with Crippen LogP contribution < -0.4 is 10.1 Å². The van der Waals surface area contributed by atoms with Gasteiger partial charge in [-0.1, -0.05) is 0 Å². The van der Waals surface area contributed by atoms with Gasteiger partial charge in [-0.2, -0.15) is 0 Å². The Labute approximate surface area is 120 Å². The molecule has 2 N–H and O–H groups in total. The van der Waals surface area contributed by atoms with Crippen molar-refractivity contribution < 1.29 is 28.6 Å². The van der Waals surface area contributed by atoms with Crippen LogP contribution in [0.4, 0.5) is 4.39 Å². The van der Waals surface area contributed by atoms with E-state index in [-0.39, 0.29) is 31.9 Å². The SMILES string of the molecule is O=C(CCOc1ccc(F)cc1)NC1(C(=O)O)CCOC1. The van der Waals surface area contributed by atoms with Gasteiger partial charge < -0.3 is 19.9 Å². The topological polar surface area (TPSA) is 84.9 Å². The number of aliphatic carboxylic acids is 1. The summed E-state index contributed by atoms with van der Waals surface area (Å²) in [6.45, 7) is 0.347. The summed E-state index contributed by atoms with van der Waals surface area (Å²) in [6, 6.07) is 5.42. The molecule has 0 bridgehead atoms. The summed E-state index contributed by atoms with van der Waals surface area (Å²) < 4.78 is 23.0. The van der Waals surface area contributed by atoms with E-state index in [1.807, 2.05) is 0 Å². The first kappa shape index (κ1) is 15.2. The summed E-state index contributed by atoms with van der Waals surface area (Å²) in [5, 5.41) is 11.7. The summed E-state index contributed by atoms with van der Waals surface area (Å²) in [7, 11) is 0. The number of carbonyl (C=O) groups is 2. The number of benzene rings is 1. The number of hydrogen-bond acceptors (Lipinski definition) is 4. The molecule has 1 aliphatic rings. The smallest absolute Gasteiger partial charge is 0.331 e. The number of ether oxygens (including phenoxy) is 2. The van der Waals surface area contributed by atoms with Gasteiger partial charge in [0.1, 0.15) is 11.6 Å². The fourth-order valence-corrected chi connectivity index (χ4v) is 2.01. The van der Waals surface area contributed by atoms with Crippen LogP contribution in [0.2, 0.25) is 0 Å². The zero-order valence-corrected chi connectivity index (χ0v) is 11.3. The molecule has 0 aromatic heterocycles. The highest BCUT2D eigenvalue weighted by atomic mass is 19.1. The summed E-state index contributed by atoms with van der Waals surface area (Å²) in [4.78, 5) is 23.0. The van der Waals surface area contributed by atoms with Crippen LogP contribution in [0.3, 0.4) is 0 Å². The quantitative estimate of drug-likeness (QED) is 0.817. The lowest BCUT2D eigenvalue weighted by Gasteiger charge is -2.23. The van der Waals surface area contributed by atoms with Crippen molar-refractivity contribution in [3.63, 3.8) is 0 Å². The van der Waals surface area contributed by atoms with Crippen molar-refractivity contribution in [1.82, 2.24) is 5.32 Å². The van der Waals surface area contributed by atoms with E-state index in [1.165, 1.54) is 24.3 Å². The fraction of sp³-hybridized carbons (Fsp3) is 0.429. The standard InChI is InChI=1S/C14H16FNO5/c15-10-1-3-11(4-2-10)21-7-5-12(17)16-14(13(18)19)6-8-20-9-14/h1-4H,5-9H2,(H,16,17)(H,18,19). The average Bonchev–Trinajstić information content (AvgIpc) is 2.91. The number of carboxylic acids is 1. The van der Waals surface area contributed by atoms with E-state index in [2.05, 4.69) is 5.32 Å². The third kappa shape index (κ3) is 3.91. The highest BCUT2D eigenvalue weighted by Gasteiger charge is 2.43. The lowest BCUT2D eigenvalue weighted by Crippen LogP contribution is -2.55. The minimum atomic E-state index is -1.34. The molecule has 7 heteroatoms. The number of nitrogens with one attached hydrogen (secondary N) is 1. The van der Waals surface area contributed by atoms with Gasteiger partial charge in [0.25, 0.3) is 0 Å².